The van der Waals surface area contributed by atoms with Gasteiger partial charge in [0.1, 0.15) is 0 Å². The van der Waals surface area contributed by atoms with Crippen LogP contribution in [0.5, 0.6) is 0 Å². The summed E-state index contributed by atoms with van der Waals surface area (Å²) in [6.07, 6.45) is 0.998. The predicted molar refractivity (Wildman–Crippen MR) is 98.3 cm³/mol. The van der Waals surface area contributed by atoms with E-state index in [2.05, 4.69) is 94.1 Å². The first-order valence-electron chi connectivity index (χ1n) is 6.69. The van der Waals surface area contributed by atoms with Crippen LogP contribution < -0.4 is 5.32 Å². The van der Waals surface area contributed by atoms with Gasteiger partial charge in [0.2, 0.25) is 0 Å². The van der Waals surface area contributed by atoms with Gasteiger partial charge >= 0.3 is 0 Å². The molecule has 2 rings (SSSR count). The molecule has 0 aliphatic rings. The fraction of sp³-hybridized carbons (Fsp3) is 0.294. The Kier molecular flexibility index (Phi) is 5.64. The molecule has 1 nitrogen and oxygen atoms in total. The highest BCUT2D eigenvalue weighted by Crippen LogP contribution is 2.28. The molecule has 0 amide bonds. The van der Waals surface area contributed by atoms with Crippen molar-refractivity contribution in [3.8, 4) is 0 Å². The van der Waals surface area contributed by atoms with Crippen molar-refractivity contribution < 1.29 is 0 Å². The number of halogens is 2. The molecule has 0 saturated carbocycles. The largest absolute Gasteiger partial charge is 0.313 e. The van der Waals surface area contributed by atoms with E-state index in [4.69, 9.17) is 0 Å². The molecule has 106 valence electrons. The molecular formula is C17H19BrIN. The highest BCUT2D eigenvalue weighted by atomic mass is 127. The van der Waals surface area contributed by atoms with Gasteiger partial charge < -0.3 is 5.32 Å². The lowest BCUT2D eigenvalue weighted by atomic mass is 9.97. The second kappa shape index (κ2) is 7.05. The van der Waals surface area contributed by atoms with Crippen molar-refractivity contribution in [3.63, 3.8) is 0 Å². The third-order valence-electron chi connectivity index (χ3n) is 3.40. The Bertz CT molecular complexity index is 590. The summed E-state index contributed by atoms with van der Waals surface area (Å²) >= 11 is 6.04. The van der Waals surface area contributed by atoms with Crippen LogP contribution in [0.25, 0.3) is 0 Å². The Morgan fingerprint density at radius 1 is 1.10 bits per heavy atom. The quantitative estimate of drug-likeness (QED) is 0.642. The van der Waals surface area contributed by atoms with Crippen LogP contribution in [0.1, 0.15) is 28.3 Å². The van der Waals surface area contributed by atoms with Crippen molar-refractivity contribution in [1.29, 1.82) is 0 Å². The minimum Gasteiger partial charge on any atom is -0.313 e. The van der Waals surface area contributed by atoms with Crippen molar-refractivity contribution in [1.82, 2.24) is 5.32 Å². The first kappa shape index (κ1) is 16.0. The van der Waals surface area contributed by atoms with E-state index in [-0.39, 0.29) is 0 Å². The Morgan fingerprint density at radius 3 is 2.35 bits per heavy atom. The number of rotatable bonds is 4. The molecule has 0 aliphatic carbocycles. The Morgan fingerprint density at radius 2 is 1.75 bits per heavy atom. The Labute approximate surface area is 143 Å². The smallest absolute Gasteiger partial charge is 0.0370 e. The fourth-order valence-electron chi connectivity index (χ4n) is 2.57. The average molecular weight is 444 g/mol. The second-order valence-electron chi connectivity index (χ2n) is 5.21. The summed E-state index contributed by atoms with van der Waals surface area (Å²) < 4.78 is 2.43. The van der Waals surface area contributed by atoms with Gasteiger partial charge in [-0.2, -0.15) is 0 Å². The van der Waals surface area contributed by atoms with E-state index in [0.29, 0.717) is 6.04 Å². The van der Waals surface area contributed by atoms with Gasteiger partial charge in [0.25, 0.3) is 0 Å². The molecule has 0 spiro atoms. The van der Waals surface area contributed by atoms with E-state index < -0.39 is 0 Å². The lowest BCUT2D eigenvalue weighted by Gasteiger charge is -2.19. The molecule has 3 heteroatoms. The summed E-state index contributed by atoms with van der Waals surface area (Å²) in [5, 5.41) is 3.44. The third kappa shape index (κ3) is 4.06. The van der Waals surface area contributed by atoms with Gasteiger partial charge in [-0.15, -0.1) is 0 Å². The van der Waals surface area contributed by atoms with Gasteiger partial charge in [0.05, 0.1) is 0 Å². The minimum atomic E-state index is 0.320. The van der Waals surface area contributed by atoms with Crippen LogP contribution in [0, 0.1) is 17.4 Å². The second-order valence-corrected chi connectivity index (χ2v) is 7.31. The molecule has 2 aromatic rings. The maximum atomic E-state index is 3.67. The van der Waals surface area contributed by atoms with Crippen molar-refractivity contribution >= 4 is 38.5 Å². The van der Waals surface area contributed by atoms with E-state index in [1.807, 2.05) is 7.05 Å². The molecule has 2 aromatic carbocycles. The first-order valence-corrected chi connectivity index (χ1v) is 8.56. The topological polar surface area (TPSA) is 12.0 Å². The average Bonchev–Trinajstić information content (AvgIpc) is 2.38. The molecule has 0 aromatic heterocycles. The number of hydrogen-bond acceptors (Lipinski definition) is 1. The zero-order valence-electron chi connectivity index (χ0n) is 12.0. The molecule has 0 saturated heterocycles. The molecule has 20 heavy (non-hydrogen) atoms. The van der Waals surface area contributed by atoms with Crippen LogP contribution in [0.2, 0.25) is 0 Å². The summed E-state index contributed by atoms with van der Waals surface area (Å²) in [6, 6.07) is 13.6. The Balaban J connectivity index is 2.31. The van der Waals surface area contributed by atoms with Crippen LogP contribution in [-0.4, -0.2) is 7.05 Å². The summed E-state index contributed by atoms with van der Waals surface area (Å²) in [6.45, 7) is 4.32. The molecule has 0 radical (unpaired) electrons. The summed E-state index contributed by atoms with van der Waals surface area (Å²) in [4.78, 5) is 0. The molecule has 1 N–H and O–H groups in total. The van der Waals surface area contributed by atoms with Gasteiger partial charge in [-0.1, -0.05) is 45.3 Å². The van der Waals surface area contributed by atoms with Crippen molar-refractivity contribution in [2.45, 2.75) is 26.3 Å². The van der Waals surface area contributed by atoms with Crippen molar-refractivity contribution in [2.75, 3.05) is 7.05 Å². The molecule has 0 bridgehead atoms. The van der Waals surface area contributed by atoms with Crippen molar-refractivity contribution in [3.05, 3.63) is 66.7 Å². The minimum absolute atomic E-state index is 0.320. The van der Waals surface area contributed by atoms with Gasteiger partial charge in [-0.25, -0.2) is 0 Å². The van der Waals surface area contributed by atoms with Crippen LogP contribution in [0.3, 0.4) is 0 Å². The van der Waals surface area contributed by atoms with Crippen molar-refractivity contribution in [2.24, 2.45) is 0 Å². The maximum absolute atomic E-state index is 3.67. The third-order valence-corrected chi connectivity index (χ3v) is 4.80. The summed E-state index contributed by atoms with van der Waals surface area (Å²) in [5.74, 6) is 0. The Hall–Kier alpha value is -0.390. The number of nitrogens with one attached hydrogen (secondary N) is 1. The number of likely N-dealkylation sites (N-methyl/N-ethyl adjacent to an activating group) is 1. The number of hydrogen-bond donors (Lipinski definition) is 1. The summed E-state index contributed by atoms with van der Waals surface area (Å²) in [5.41, 5.74) is 5.36. The SMILES string of the molecule is CNC(Cc1cc(C)cc(C)c1)c1cc(I)ccc1Br. The lowest BCUT2D eigenvalue weighted by Crippen LogP contribution is -2.19. The molecule has 0 heterocycles. The zero-order chi connectivity index (χ0) is 14.7. The van der Waals surface area contributed by atoms with E-state index >= 15 is 0 Å². The maximum Gasteiger partial charge on any atom is 0.0370 e. The van der Waals surface area contributed by atoms with E-state index in [1.54, 1.807) is 0 Å². The lowest BCUT2D eigenvalue weighted by molar-refractivity contribution is 0.589. The molecular weight excluding hydrogens is 425 g/mol. The predicted octanol–water partition coefficient (Wildman–Crippen LogP) is 5.17. The van der Waals surface area contributed by atoms with Gasteiger partial charge in [-0.05, 0) is 79.2 Å². The number of aryl methyl sites for hydroxylation is 2. The molecule has 0 fully saturated rings. The molecule has 1 atom stereocenters. The normalized spacial score (nSPS) is 12.4. The fourth-order valence-corrected chi connectivity index (χ4v) is 3.61. The number of benzene rings is 2. The molecule has 1 unspecified atom stereocenters. The monoisotopic (exact) mass is 443 g/mol. The van der Waals surface area contributed by atoms with Crippen LogP contribution in [-0.2, 0) is 6.42 Å². The van der Waals surface area contributed by atoms with E-state index in [0.717, 1.165) is 6.42 Å². The highest BCUT2D eigenvalue weighted by Gasteiger charge is 2.14. The van der Waals surface area contributed by atoms with Gasteiger partial charge in [-0.3, -0.25) is 0 Å². The highest BCUT2D eigenvalue weighted by molar-refractivity contribution is 14.1. The zero-order valence-corrected chi connectivity index (χ0v) is 15.7. The van der Waals surface area contributed by atoms with Crippen LogP contribution in [0.15, 0.2) is 40.9 Å². The van der Waals surface area contributed by atoms with Gasteiger partial charge in [0.15, 0.2) is 0 Å². The van der Waals surface area contributed by atoms with Crippen LogP contribution >= 0.6 is 38.5 Å². The van der Waals surface area contributed by atoms with E-state index in [1.165, 1.54) is 30.3 Å². The first-order chi connectivity index (χ1) is 9.49. The molecule has 0 aliphatic heterocycles. The van der Waals surface area contributed by atoms with Crippen LogP contribution in [0.4, 0.5) is 0 Å². The van der Waals surface area contributed by atoms with Gasteiger partial charge in [0, 0.05) is 14.1 Å². The van der Waals surface area contributed by atoms with E-state index in [9.17, 15) is 0 Å². The standard InChI is InChI=1S/C17H19BrIN/c1-11-6-12(2)8-13(7-11)9-17(20-3)15-10-14(19)4-5-16(15)18/h4-8,10,17,20H,9H2,1-3H3. The summed E-state index contributed by atoms with van der Waals surface area (Å²) in [7, 11) is 2.03.